The number of aromatic nitrogens is 4. The Bertz CT molecular complexity index is 1120. The number of hydrazine groups is 1. The van der Waals surface area contributed by atoms with Crippen molar-refractivity contribution < 1.29 is 8.42 Å². The first-order chi connectivity index (χ1) is 13.9. The Balaban J connectivity index is 1.87. The average Bonchev–Trinajstić information content (AvgIpc) is 3.01. The van der Waals surface area contributed by atoms with Gasteiger partial charge in [-0.25, -0.2) is 23.1 Å². The summed E-state index contributed by atoms with van der Waals surface area (Å²) < 4.78 is 26.2. The standard InChI is InChI=1S/C19H24N6O3S/c1-4-24(5-2)23-29(27,28)16-8-9-18(21-13-16)25-19(26)17(14(3)22-25)11-15-7-6-10-20-12-15/h6-10,12-13,22-23H,4-5,11H2,1-3H3. The summed E-state index contributed by atoms with van der Waals surface area (Å²) >= 11 is 0. The first-order valence-corrected chi connectivity index (χ1v) is 10.8. The minimum atomic E-state index is -3.73. The molecule has 0 aliphatic rings. The highest BCUT2D eigenvalue weighted by Gasteiger charge is 2.19. The van der Waals surface area contributed by atoms with Crippen LogP contribution in [0.5, 0.6) is 0 Å². The van der Waals surface area contributed by atoms with E-state index >= 15 is 0 Å². The highest BCUT2D eigenvalue weighted by atomic mass is 32.2. The third-order valence-corrected chi connectivity index (χ3v) is 5.93. The molecule has 0 aliphatic heterocycles. The van der Waals surface area contributed by atoms with Gasteiger partial charge in [0.15, 0.2) is 5.82 Å². The van der Waals surface area contributed by atoms with E-state index in [1.807, 2.05) is 32.9 Å². The molecule has 0 saturated heterocycles. The zero-order chi connectivity index (χ0) is 21.0. The van der Waals surface area contributed by atoms with E-state index in [0.29, 0.717) is 30.9 Å². The number of aryl methyl sites for hydroxylation is 1. The molecule has 0 fully saturated rings. The van der Waals surface area contributed by atoms with Gasteiger partial charge in [0.2, 0.25) is 0 Å². The Morgan fingerprint density at radius 1 is 1.17 bits per heavy atom. The van der Waals surface area contributed by atoms with Gasteiger partial charge < -0.3 is 0 Å². The molecule has 9 nitrogen and oxygen atoms in total. The fourth-order valence-electron chi connectivity index (χ4n) is 2.90. The molecule has 0 aromatic carbocycles. The van der Waals surface area contributed by atoms with Crippen LogP contribution in [0, 0.1) is 6.92 Å². The summed E-state index contributed by atoms with van der Waals surface area (Å²) in [4.78, 5) is 23.6. The summed E-state index contributed by atoms with van der Waals surface area (Å²) in [6.45, 7) is 6.61. The van der Waals surface area contributed by atoms with Crippen LogP contribution in [0.3, 0.4) is 0 Å². The number of rotatable bonds is 8. The third kappa shape index (κ3) is 4.61. The predicted molar refractivity (Wildman–Crippen MR) is 109 cm³/mol. The first kappa shape index (κ1) is 20.9. The van der Waals surface area contributed by atoms with Gasteiger partial charge >= 0.3 is 0 Å². The molecule has 3 rings (SSSR count). The molecule has 0 radical (unpaired) electrons. The van der Waals surface area contributed by atoms with Gasteiger partial charge in [-0.05, 0) is 30.7 Å². The van der Waals surface area contributed by atoms with Crippen LogP contribution in [-0.2, 0) is 16.4 Å². The quantitative estimate of drug-likeness (QED) is 0.537. The highest BCUT2D eigenvalue weighted by molar-refractivity contribution is 7.89. The van der Waals surface area contributed by atoms with Gasteiger partial charge in [0, 0.05) is 49.4 Å². The zero-order valence-corrected chi connectivity index (χ0v) is 17.4. The Morgan fingerprint density at radius 3 is 2.52 bits per heavy atom. The van der Waals surface area contributed by atoms with Gasteiger partial charge in [-0.1, -0.05) is 19.9 Å². The zero-order valence-electron chi connectivity index (χ0n) is 16.6. The number of aromatic amines is 1. The molecule has 0 unspecified atom stereocenters. The SMILES string of the molecule is CCN(CC)NS(=O)(=O)c1ccc(-n2[nH]c(C)c(Cc3cccnc3)c2=O)nc1. The molecule has 3 aromatic rings. The van der Waals surface area contributed by atoms with E-state index in [4.69, 9.17) is 0 Å². The fourth-order valence-corrected chi connectivity index (χ4v) is 4.04. The largest absolute Gasteiger partial charge is 0.294 e. The van der Waals surface area contributed by atoms with Crippen molar-refractivity contribution in [3.63, 3.8) is 0 Å². The van der Waals surface area contributed by atoms with Crippen molar-refractivity contribution in [3.05, 3.63) is 70.0 Å². The lowest BCUT2D eigenvalue weighted by atomic mass is 10.1. The van der Waals surface area contributed by atoms with Gasteiger partial charge in [-0.2, -0.15) is 0 Å². The van der Waals surface area contributed by atoms with Crippen LogP contribution in [0.25, 0.3) is 5.82 Å². The van der Waals surface area contributed by atoms with Crippen molar-refractivity contribution in [1.29, 1.82) is 0 Å². The van der Waals surface area contributed by atoms with Crippen LogP contribution in [0.1, 0.15) is 30.7 Å². The van der Waals surface area contributed by atoms with Crippen molar-refractivity contribution in [2.45, 2.75) is 32.1 Å². The minimum absolute atomic E-state index is 0.0278. The minimum Gasteiger partial charge on any atom is -0.294 e. The van der Waals surface area contributed by atoms with E-state index in [2.05, 4.69) is 19.9 Å². The lowest BCUT2D eigenvalue weighted by Crippen LogP contribution is -2.41. The smallest absolute Gasteiger partial charge is 0.276 e. The normalized spacial score (nSPS) is 11.9. The molecule has 10 heteroatoms. The van der Waals surface area contributed by atoms with Crippen molar-refractivity contribution >= 4 is 10.0 Å². The van der Waals surface area contributed by atoms with Crippen molar-refractivity contribution in [2.24, 2.45) is 0 Å². The number of H-pyrrole nitrogens is 1. The summed E-state index contributed by atoms with van der Waals surface area (Å²) in [7, 11) is -3.73. The Hall–Kier alpha value is -2.82. The summed E-state index contributed by atoms with van der Waals surface area (Å²) in [5, 5.41) is 4.58. The van der Waals surface area contributed by atoms with Gasteiger partial charge in [0.1, 0.15) is 4.90 Å². The number of nitrogens with one attached hydrogen (secondary N) is 2. The molecule has 0 saturated carbocycles. The van der Waals surface area contributed by atoms with Crippen molar-refractivity contribution in [1.82, 2.24) is 29.6 Å². The van der Waals surface area contributed by atoms with Crippen molar-refractivity contribution in [2.75, 3.05) is 13.1 Å². The molecule has 3 aromatic heterocycles. The maximum atomic E-state index is 12.8. The molecule has 0 spiro atoms. The molecular weight excluding hydrogens is 392 g/mol. The second-order valence-corrected chi connectivity index (χ2v) is 8.17. The lowest BCUT2D eigenvalue weighted by molar-refractivity contribution is 0.268. The van der Waals surface area contributed by atoms with Crippen molar-refractivity contribution in [3.8, 4) is 5.82 Å². The molecule has 0 aliphatic carbocycles. The van der Waals surface area contributed by atoms with E-state index in [-0.39, 0.29) is 10.5 Å². The molecule has 3 heterocycles. The van der Waals surface area contributed by atoms with Crippen LogP contribution in [-0.4, -0.2) is 46.3 Å². The third-order valence-electron chi connectivity index (χ3n) is 4.57. The number of hydrogen-bond acceptors (Lipinski definition) is 6. The van der Waals surface area contributed by atoms with Gasteiger partial charge in [0.25, 0.3) is 15.6 Å². The van der Waals surface area contributed by atoms with Crippen LogP contribution in [0.4, 0.5) is 0 Å². The molecule has 29 heavy (non-hydrogen) atoms. The van der Waals surface area contributed by atoms with E-state index in [9.17, 15) is 13.2 Å². The maximum Gasteiger partial charge on any atom is 0.276 e. The van der Waals surface area contributed by atoms with Crippen LogP contribution in [0.15, 0.2) is 52.5 Å². The topological polar surface area (TPSA) is 113 Å². The lowest BCUT2D eigenvalue weighted by Gasteiger charge is -2.19. The number of nitrogens with zero attached hydrogens (tertiary/aromatic N) is 4. The molecule has 0 bridgehead atoms. The second kappa shape index (κ2) is 8.68. The van der Waals surface area contributed by atoms with Crippen LogP contribution in [0.2, 0.25) is 0 Å². The van der Waals surface area contributed by atoms with Gasteiger partial charge in [-0.15, -0.1) is 4.83 Å². The molecular formula is C19H24N6O3S. The number of pyridine rings is 2. The van der Waals surface area contributed by atoms with Gasteiger partial charge in [-0.3, -0.25) is 14.9 Å². The molecule has 0 atom stereocenters. The first-order valence-electron chi connectivity index (χ1n) is 9.29. The van der Waals surface area contributed by atoms with E-state index in [1.165, 1.54) is 23.0 Å². The van der Waals surface area contributed by atoms with Crippen LogP contribution >= 0.6 is 0 Å². The van der Waals surface area contributed by atoms with E-state index < -0.39 is 10.0 Å². The fraction of sp³-hybridized carbons (Fsp3) is 0.316. The molecule has 2 N–H and O–H groups in total. The molecule has 0 amide bonds. The Morgan fingerprint density at radius 2 is 1.93 bits per heavy atom. The summed E-state index contributed by atoms with van der Waals surface area (Å²) in [5.41, 5.74) is 2.03. The summed E-state index contributed by atoms with van der Waals surface area (Å²) in [5.74, 6) is 0.317. The van der Waals surface area contributed by atoms with E-state index in [1.54, 1.807) is 17.4 Å². The monoisotopic (exact) mass is 416 g/mol. The predicted octanol–water partition coefficient (Wildman–Crippen LogP) is 1.39. The summed E-state index contributed by atoms with van der Waals surface area (Å²) in [6.07, 6.45) is 5.09. The number of sulfonamides is 1. The van der Waals surface area contributed by atoms with Gasteiger partial charge in [0.05, 0.1) is 0 Å². The average molecular weight is 417 g/mol. The molecule has 154 valence electrons. The summed E-state index contributed by atoms with van der Waals surface area (Å²) in [6, 6.07) is 6.66. The van der Waals surface area contributed by atoms with E-state index in [0.717, 1.165) is 11.3 Å². The maximum absolute atomic E-state index is 12.8. The highest BCUT2D eigenvalue weighted by Crippen LogP contribution is 2.13. The second-order valence-electron chi connectivity index (χ2n) is 6.51. The Labute approximate surface area is 169 Å². The van der Waals surface area contributed by atoms with Crippen LogP contribution < -0.4 is 10.4 Å². The Kier molecular flexibility index (Phi) is 6.26. The number of hydrogen-bond donors (Lipinski definition) is 2.